The van der Waals surface area contributed by atoms with Crippen molar-refractivity contribution in [3.05, 3.63) is 84.2 Å². The number of rotatable bonds is 4. The maximum absolute atomic E-state index is 12.0. The zero-order chi connectivity index (χ0) is 19.0. The number of nitrogens with two attached hydrogens (primary N) is 1. The number of benzene rings is 3. The number of fused-ring (bicyclic) bond motifs is 1. The van der Waals surface area contributed by atoms with Crippen LogP contribution in [0.25, 0.3) is 27.8 Å². The Morgan fingerprint density at radius 3 is 2.63 bits per heavy atom. The van der Waals surface area contributed by atoms with Crippen molar-refractivity contribution in [3.63, 3.8) is 0 Å². The molecule has 0 spiro atoms. The van der Waals surface area contributed by atoms with Crippen LogP contribution in [-0.4, -0.2) is 15.3 Å². The van der Waals surface area contributed by atoms with Crippen molar-refractivity contribution in [3.8, 4) is 16.8 Å². The van der Waals surface area contributed by atoms with Gasteiger partial charge in [0.25, 0.3) is 0 Å². The molecule has 0 bridgehead atoms. The number of aromatic nitrogens is 2. The largest absolute Gasteiger partial charge is 0.324 e. The Labute approximate surface area is 158 Å². The van der Waals surface area contributed by atoms with Crippen LogP contribution in [0.15, 0.2) is 73.1 Å². The summed E-state index contributed by atoms with van der Waals surface area (Å²) in [5.74, 6) is 0.0625. The summed E-state index contributed by atoms with van der Waals surface area (Å²) in [7, 11) is 0. The molecule has 1 aromatic heterocycles. The number of imidazole rings is 1. The fraction of sp³-hybridized carbons (Fsp3) is 0.130. The average Bonchev–Trinajstić information content (AvgIpc) is 3.11. The molecule has 0 saturated carbocycles. The Morgan fingerprint density at radius 2 is 1.85 bits per heavy atom. The van der Waals surface area contributed by atoms with Crippen LogP contribution >= 0.6 is 0 Å². The SMILES string of the molecule is CC(=O)c1ccccc1-c1cccc(-n2cnc3cc(C(C)N)ccc32)c1. The van der Waals surface area contributed by atoms with Crippen LogP contribution in [0.5, 0.6) is 0 Å². The van der Waals surface area contributed by atoms with Gasteiger partial charge in [0.1, 0.15) is 6.33 Å². The van der Waals surface area contributed by atoms with Gasteiger partial charge in [-0.3, -0.25) is 9.36 Å². The van der Waals surface area contributed by atoms with Crippen molar-refractivity contribution in [2.45, 2.75) is 19.9 Å². The lowest BCUT2D eigenvalue weighted by molar-refractivity contribution is 0.101. The maximum Gasteiger partial charge on any atom is 0.160 e. The molecule has 27 heavy (non-hydrogen) atoms. The molecule has 134 valence electrons. The van der Waals surface area contributed by atoms with Gasteiger partial charge in [-0.1, -0.05) is 42.5 Å². The van der Waals surface area contributed by atoms with Crippen molar-refractivity contribution in [2.24, 2.45) is 5.73 Å². The second kappa shape index (κ2) is 6.82. The van der Waals surface area contributed by atoms with Crippen LogP contribution in [0, 0.1) is 0 Å². The van der Waals surface area contributed by atoms with Gasteiger partial charge in [-0.25, -0.2) is 4.98 Å². The minimum atomic E-state index is -0.0223. The first-order chi connectivity index (χ1) is 13.0. The molecule has 1 atom stereocenters. The number of carbonyl (C=O) groups excluding carboxylic acids is 1. The van der Waals surface area contributed by atoms with Gasteiger partial charge in [0.15, 0.2) is 5.78 Å². The third-order valence-corrected chi connectivity index (χ3v) is 4.84. The molecule has 0 aliphatic heterocycles. The number of Topliss-reactive ketones (excluding diaryl/α,β-unsaturated/α-hetero) is 1. The minimum Gasteiger partial charge on any atom is -0.324 e. The van der Waals surface area contributed by atoms with Crippen LogP contribution < -0.4 is 5.73 Å². The molecule has 1 unspecified atom stereocenters. The van der Waals surface area contributed by atoms with Crippen LogP contribution in [0.3, 0.4) is 0 Å². The minimum absolute atomic E-state index is 0.0223. The molecule has 0 fully saturated rings. The Balaban J connectivity index is 1.82. The fourth-order valence-electron chi connectivity index (χ4n) is 3.38. The van der Waals surface area contributed by atoms with Crippen molar-refractivity contribution < 1.29 is 4.79 Å². The second-order valence-corrected chi connectivity index (χ2v) is 6.80. The van der Waals surface area contributed by atoms with E-state index in [1.54, 1.807) is 6.92 Å². The van der Waals surface area contributed by atoms with Gasteiger partial charge in [0.2, 0.25) is 0 Å². The van der Waals surface area contributed by atoms with Crippen molar-refractivity contribution in [2.75, 3.05) is 0 Å². The maximum atomic E-state index is 12.0. The first-order valence-corrected chi connectivity index (χ1v) is 8.98. The van der Waals surface area contributed by atoms with Crippen LogP contribution in [0.2, 0.25) is 0 Å². The Kier molecular flexibility index (Phi) is 4.34. The van der Waals surface area contributed by atoms with E-state index < -0.39 is 0 Å². The molecule has 0 aliphatic rings. The van der Waals surface area contributed by atoms with Gasteiger partial charge in [0, 0.05) is 17.3 Å². The summed E-state index contributed by atoms with van der Waals surface area (Å²) >= 11 is 0. The highest BCUT2D eigenvalue weighted by Crippen LogP contribution is 2.28. The topological polar surface area (TPSA) is 60.9 Å². The van der Waals surface area contributed by atoms with Gasteiger partial charge >= 0.3 is 0 Å². The van der Waals surface area contributed by atoms with Crippen LogP contribution in [0.4, 0.5) is 0 Å². The standard InChI is InChI=1S/C23H21N3O/c1-15(24)17-10-11-23-22(13-17)25-14-26(23)19-7-5-6-18(12-19)21-9-4-3-8-20(21)16(2)27/h3-15H,24H2,1-2H3. The Morgan fingerprint density at radius 1 is 1.04 bits per heavy atom. The summed E-state index contributed by atoms with van der Waals surface area (Å²) in [5.41, 5.74) is 12.7. The first-order valence-electron chi connectivity index (χ1n) is 8.98. The molecule has 3 aromatic carbocycles. The van der Waals surface area contributed by atoms with Crippen molar-refractivity contribution >= 4 is 16.8 Å². The predicted molar refractivity (Wildman–Crippen MR) is 109 cm³/mol. The zero-order valence-electron chi connectivity index (χ0n) is 15.4. The molecule has 0 radical (unpaired) electrons. The smallest absolute Gasteiger partial charge is 0.160 e. The van der Waals surface area contributed by atoms with Crippen LogP contribution in [-0.2, 0) is 0 Å². The van der Waals surface area contributed by atoms with Gasteiger partial charge < -0.3 is 5.73 Å². The number of hydrogen-bond acceptors (Lipinski definition) is 3. The molecule has 0 amide bonds. The van der Waals surface area contributed by atoms with E-state index in [0.717, 1.165) is 39.0 Å². The number of hydrogen-bond donors (Lipinski definition) is 1. The fourth-order valence-corrected chi connectivity index (χ4v) is 3.38. The van der Waals surface area contributed by atoms with E-state index in [4.69, 9.17) is 5.73 Å². The molecular formula is C23H21N3O. The van der Waals surface area contributed by atoms with Gasteiger partial charge in [-0.2, -0.15) is 0 Å². The van der Waals surface area contributed by atoms with Gasteiger partial charge in [-0.05, 0) is 54.8 Å². The first kappa shape index (κ1) is 17.2. The van der Waals surface area contributed by atoms with Crippen molar-refractivity contribution in [1.29, 1.82) is 0 Å². The number of carbonyl (C=O) groups is 1. The number of ketones is 1. The molecule has 4 heteroatoms. The summed E-state index contributed by atoms with van der Waals surface area (Å²) < 4.78 is 2.06. The third kappa shape index (κ3) is 3.15. The highest BCUT2D eigenvalue weighted by molar-refractivity contribution is 6.00. The van der Waals surface area contributed by atoms with Gasteiger partial charge in [0.05, 0.1) is 11.0 Å². The summed E-state index contributed by atoms with van der Waals surface area (Å²) in [4.78, 5) is 16.5. The summed E-state index contributed by atoms with van der Waals surface area (Å²) in [5, 5.41) is 0. The highest BCUT2D eigenvalue weighted by Gasteiger charge is 2.11. The molecular weight excluding hydrogens is 334 g/mol. The normalized spacial score (nSPS) is 12.3. The molecule has 0 saturated heterocycles. The molecule has 2 N–H and O–H groups in total. The molecule has 1 heterocycles. The van der Waals surface area contributed by atoms with E-state index >= 15 is 0 Å². The van der Waals surface area contributed by atoms with E-state index in [9.17, 15) is 4.79 Å². The highest BCUT2D eigenvalue weighted by atomic mass is 16.1. The molecule has 4 nitrogen and oxygen atoms in total. The lowest BCUT2D eigenvalue weighted by Gasteiger charge is -2.11. The van der Waals surface area contributed by atoms with Crippen LogP contribution in [0.1, 0.15) is 35.8 Å². The summed E-state index contributed by atoms with van der Waals surface area (Å²) in [6, 6.07) is 22.0. The third-order valence-electron chi connectivity index (χ3n) is 4.84. The lowest BCUT2D eigenvalue weighted by atomic mass is 9.97. The average molecular weight is 355 g/mol. The number of nitrogens with zero attached hydrogens (tertiary/aromatic N) is 2. The van der Waals surface area contributed by atoms with E-state index in [0.29, 0.717) is 0 Å². The zero-order valence-corrected chi connectivity index (χ0v) is 15.4. The quantitative estimate of drug-likeness (QED) is 0.529. The predicted octanol–water partition coefficient (Wildman–Crippen LogP) is 4.91. The second-order valence-electron chi connectivity index (χ2n) is 6.80. The Bertz CT molecular complexity index is 1140. The van der Waals surface area contributed by atoms with Gasteiger partial charge in [-0.15, -0.1) is 0 Å². The summed E-state index contributed by atoms with van der Waals surface area (Å²) in [6.07, 6.45) is 1.83. The van der Waals surface area contributed by atoms with E-state index in [-0.39, 0.29) is 11.8 Å². The lowest BCUT2D eigenvalue weighted by Crippen LogP contribution is -2.04. The van der Waals surface area contributed by atoms with E-state index in [2.05, 4.69) is 21.7 Å². The molecule has 4 rings (SSSR count). The van der Waals surface area contributed by atoms with E-state index in [1.807, 2.05) is 67.8 Å². The molecule has 0 aliphatic carbocycles. The van der Waals surface area contributed by atoms with Crippen molar-refractivity contribution in [1.82, 2.24) is 9.55 Å². The monoisotopic (exact) mass is 355 g/mol. The molecule has 4 aromatic rings. The Hall–Kier alpha value is -3.24. The summed E-state index contributed by atoms with van der Waals surface area (Å²) in [6.45, 7) is 3.57. The van der Waals surface area contributed by atoms with E-state index in [1.165, 1.54) is 0 Å².